The fourth-order valence-electron chi connectivity index (χ4n) is 3.53. The van der Waals surface area contributed by atoms with Gasteiger partial charge in [0, 0.05) is 16.4 Å². The lowest BCUT2D eigenvalue weighted by molar-refractivity contribution is -0.114. The SMILES string of the molecule is Cc1ccc(S(=O)(=O)N(CC(=O)Nc2ccc(S(=O)(=O)Nc3ccccc3)cc2)c2ccc(Cl)cc2)cc1. The van der Waals surface area contributed by atoms with Gasteiger partial charge >= 0.3 is 0 Å². The van der Waals surface area contributed by atoms with Crippen molar-refractivity contribution < 1.29 is 21.6 Å². The molecular weight excluding hydrogens is 546 g/mol. The number of carbonyl (C=O) groups is 1. The molecule has 38 heavy (non-hydrogen) atoms. The van der Waals surface area contributed by atoms with Gasteiger partial charge in [-0.05, 0) is 79.7 Å². The first-order valence-electron chi connectivity index (χ1n) is 11.4. The monoisotopic (exact) mass is 569 g/mol. The number of para-hydroxylation sites is 1. The third-order valence-corrected chi connectivity index (χ3v) is 8.92. The Kier molecular flexibility index (Phi) is 8.05. The van der Waals surface area contributed by atoms with Gasteiger partial charge < -0.3 is 5.32 Å². The van der Waals surface area contributed by atoms with Gasteiger partial charge in [0.2, 0.25) is 5.91 Å². The van der Waals surface area contributed by atoms with E-state index in [1.807, 2.05) is 6.92 Å². The molecule has 0 bridgehead atoms. The summed E-state index contributed by atoms with van der Waals surface area (Å²) in [7, 11) is -7.92. The molecule has 0 atom stereocenters. The first-order chi connectivity index (χ1) is 18.0. The number of nitrogens with zero attached hydrogens (tertiary/aromatic N) is 1. The van der Waals surface area contributed by atoms with E-state index in [9.17, 15) is 21.6 Å². The number of carbonyl (C=O) groups excluding carboxylic acids is 1. The van der Waals surface area contributed by atoms with Crippen LogP contribution in [0.5, 0.6) is 0 Å². The van der Waals surface area contributed by atoms with Crippen LogP contribution in [0.4, 0.5) is 17.1 Å². The molecule has 0 aromatic heterocycles. The summed E-state index contributed by atoms with van der Waals surface area (Å²) in [5.41, 5.74) is 1.88. The van der Waals surface area contributed by atoms with Crippen LogP contribution >= 0.6 is 11.6 Å². The predicted molar refractivity (Wildman–Crippen MR) is 149 cm³/mol. The molecule has 0 unspecified atom stereocenters. The van der Waals surface area contributed by atoms with E-state index in [4.69, 9.17) is 11.6 Å². The minimum atomic E-state index is -4.09. The minimum absolute atomic E-state index is 0.00379. The van der Waals surface area contributed by atoms with Gasteiger partial charge in [0.1, 0.15) is 6.54 Å². The zero-order chi connectivity index (χ0) is 27.3. The van der Waals surface area contributed by atoms with Crippen LogP contribution in [0.3, 0.4) is 0 Å². The maximum Gasteiger partial charge on any atom is 0.264 e. The average Bonchev–Trinajstić information content (AvgIpc) is 2.89. The van der Waals surface area contributed by atoms with E-state index in [0.717, 1.165) is 9.87 Å². The predicted octanol–water partition coefficient (Wildman–Crippen LogP) is 5.28. The van der Waals surface area contributed by atoms with Crippen LogP contribution in [-0.4, -0.2) is 29.3 Å². The second kappa shape index (κ2) is 11.3. The summed E-state index contributed by atoms with van der Waals surface area (Å²) in [5.74, 6) is -0.617. The van der Waals surface area contributed by atoms with E-state index in [1.54, 1.807) is 42.5 Å². The molecule has 0 fully saturated rings. The Morgan fingerprint density at radius 1 is 0.737 bits per heavy atom. The van der Waals surface area contributed by atoms with Crippen LogP contribution in [0.2, 0.25) is 5.02 Å². The largest absolute Gasteiger partial charge is 0.325 e. The molecule has 4 aromatic carbocycles. The molecule has 0 radical (unpaired) electrons. The molecule has 11 heteroatoms. The fourth-order valence-corrected chi connectivity index (χ4v) is 6.13. The number of rotatable bonds is 9. The molecule has 8 nitrogen and oxygen atoms in total. The molecule has 0 aliphatic heterocycles. The van der Waals surface area contributed by atoms with E-state index >= 15 is 0 Å². The Morgan fingerprint density at radius 3 is 1.92 bits per heavy atom. The third kappa shape index (κ3) is 6.52. The van der Waals surface area contributed by atoms with E-state index in [1.165, 1.54) is 60.7 Å². The second-order valence-corrected chi connectivity index (χ2v) is 12.3. The van der Waals surface area contributed by atoms with Crippen molar-refractivity contribution >= 4 is 54.6 Å². The molecule has 0 aliphatic rings. The zero-order valence-electron chi connectivity index (χ0n) is 20.2. The Balaban J connectivity index is 1.53. The van der Waals surface area contributed by atoms with Crippen LogP contribution in [0, 0.1) is 6.92 Å². The molecule has 2 N–H and O–H groups in total. The number of nitrogens with one attached hydrogen (secondary N) is 2. The highest BCUT2D eigenvalue weighted by atomic mass is 35.5. The molecule has 1 amide bonds. The number of hydrogen-bond donors (Lipinski definition) is 2. The summed E-state index contributed by atoms with van der Waals surface area (Å²) >= 11 is 5.97. The molecule has 0 aliphatic carbocycles. The first-order valence-corrected chi connectivity index (χ1v) is 14.7. The Labute approximate surface area is 227 Å². The minimum Gasteiger partial charge on any atom is -0.325 e. The zero-order valence-corrected chi connectivity index (χ0v) is 22.6. The highest BCUT2D eigenvalue weighted by molar-refractivity contribution is 7.93. The standard InChI is InChI=1S/C27H24ClN3O5S2/c1-20-7-15-26(16-8-20)38(35,36)31(24-13-9-21(28)10-14-24)19-27(32)29-22-11-17-25(18-12-22)37(33,34)30-23-5-3-2-4-6-23/h2-18,30H,19H2,1H3,(H,29,32). The van der Waals surface area contributed by atoms with Gasteiger partial charge in [0.15, 0.2) is 0 Å². The van der Waals surface area contributed by atoms with Gasteiger partial charge in [0.25, 0.3) is 20.0 Å². The summed E-state index contributed by atoms with van der Waals surface area (Å²) in [5, 5.41) is 3.05. The molecular formula is C27H24ClN3O5S2. The molecule has 4 aromatic rings. The summed E-state index contributed by atoms with van der Waals surface area (Å²) in [6, 6.07) is 26.4. The molecule has 0 saturated heterocycles. The normalized spacial score (nSPS) is 11.5. The number of amides is 1. The Morgan fingerprint density at radius 2 is 1.32 bits per heavy atom. The van der Waals surface area contributed by atoms with Gasteiger partial charge in [-0.2, -0.15) is 0 Å². The lowest BCUT2D eigenvalue weighted by Gasteiger charge is -2.24. The van der Waals surface area contributed by atoms with E-state index in [2.05, 4.69) is 10.0 Å². The lowest BCUT2D eigenvalue weighted by Crippen LogP contribution is -2.38. The molecule has 0 spiro atoms. The van der Waals surface area contributed by atoms with Crippen molar-refractivity contribution in [1.29, 1.82) is 0 Å². The van der Waals surface area contributed by atoms with Gasteiger partial charge in [0.05, 0.1) is 15.5 Å². The van der Waals surface area contributed by atoms with Crippen molar-refractivity contribution in [3.63, 3.8) is 0 Å². The van der Waals surface area contributed by atoms with Crippen molar-refractivity contribution in [3.05, 3.63) is 114 Å². The number of hydrogen-bond acceptors (Lipinski definition) is 5. The topological polar surface area (TPSA) is 113 Å². The highest BCUT2D eigenvalue weighted by Gasteiger charge is 2.27. The summed E-state index contributed by atoms with van der Waals surface area (Å²) < 4.78 is 55.7. The fraction of sp³-hybridized carbons (Fsp3) is 0.0741. The smallest absolute Gasteiger partial charge is 0.264 e. The highest BCUT2D eigenvalue weighted by Crippen LogP contribution is 2.26. The number of anilines is 3. The summed E-state index contributed by atoms with van der Waals surface area (Å²) in [4.78, 5) is 13.0. The average molecular weight is 570 g/mol. The van der Waals surface area contributed by atoms with Crippen LogP contribution < -0.4 is 14.3 Å². The van der Waals surface area contributed by atoms with Crippen molar-refractivity contribution in [1.82, 2.24) is 0 Å². The maximum atomic E-state index is 13.5. The van der Waals surface area contributed by atoms with Crippen molar-refractivity contribution in [2.45, 2.75) is 16.7 Å². The van der Waals surface area contributed by atoms with Gasteiger partial charge in [-0.3, -0.25) is 13.8 Å². The van der Waals surface area contributed by atoms with E-state index in [0.29, 0.717) is 16.4 Å². The van der Waals surface area contributed by atoms with Crippen LogP contribution in [0.15, 0.2) is 113 Å². The van der Waals surface area contributed by atoms with Crippen molar-refractivity contribution in [2.75, 3.05) is 20.9 Å². The first kappa shape index (κ1) is 27.2. The van der Waals surface area contributed by atoms with Crippen LogP contribution in [0.1, 0.15) is 5.56 Å². The Bertz CT molecular complexity index is 1630. The second-order valence-electron chi connectivity index (χ2n) is 8.35. The van der Waals surface area contributed by atoms with Crippen molar-refractivity contribution in [3.8, 4) is 0 Å². The summed E-state index contributed by atoms with van der Waals surface area (Å²) in [6.07, 6.45) is 0. The lowest BCUT2D eigenvalue weighted by atomic mass is 10.2. The molecule has 0 heterocycles. The number of aryl methyl sites for hydroxylation is 1. The van der Waals surface area contributed by atoms with E-state index < -0.39 is 32.5 Å². The number of sulfonamides is 2. The maximum absolute atomic E-state index is 13.5. The van der Waals surface area contributed by atoms with Gasteiger partial charge in [-0.15, -0.1) is 0 Å². The van der Waals surface area contributed by atoms with Gasteiger partial charge in [-0.1, -0.05) is 47.5 Å². The van der Waals surface area contributed by atoms with E-state index in [-0.39, 0.29) is 15.5 Å². The van der Waals surface area contributed by atoms with Gasteiger partial charge in [-0.25, -0.2) is 16.8 Å². The number of halogens is 1. The van der Waals surface area contributed by atoms with Crippen molar-refractivity contribution in [2.24, 2.45) is 0 Å². The quantitative estimate of drug-likeness (QED) is 0.285. The third-order valence-electron chi connectivity index (χ3n) is 5.49. The van der Waals surface area contributed by atoms with Crippen LogP contribution in [-0.2, 0) is 24.8 Å². The number of benzene rings is 4. The molecule has 196 valence electrons. The van der Waals surface area contributed by atoms with Crippen LogP contribution in [0.25, 0.3) is 0 Å². The Hall–Kier alpha value is -3.86. The summed E-state index contributed by atoms with van der Waals surface area (Å²) in [6.45, 7) is 1.32. The molecule has 4 rings (SSSR count). The molecule has 0 saturated carbocycles.